The van der Waals surface area contributed by atoms with Gasteiger partial charge in [-0.3, -0.25) is 4.79 Å². The number of hydrogen-bond donors (Lipinski definition) is 2. The molecule has 20 heavy (non-hydrogen) atoms. The normalized spacial score (nSPS) is 15.2. The molecule has 0 fully saturated rings. The molecule has 0 bridgehead atoms. The minimum atomic E-state index is -0.205. The summed E-state index contributed by atoms with van der Waals surface area (Å²) in [6.07, 6.45) is 4.77. The summed E-state index contributed by atoms with van der Waals surface area (Å²) < 4.78 is 0. The van der Waals surface area contributed by atoms with Gasteiger partial charge in [0.2, 0.25) is 0 Å². The molecule has 1 aliphatic rings. The zero-order valence-electron chi connectivity index (χ0n) is 12.5. The lowest BCUT2D eigenvalue weighted by molar-refractivity contribution is 0.0919. The highest BCUT2D eigenvalue weighted by molar-refractivity contribution is 5.99. The Morgan fingerprint density at radius 1 is 1.20 bits per heavy atom. The fraction of sp³-hybridized carbons (Fsp3) is 0.471. The zero-order valence-corrected chi connectivity index (χ0v) is 12.5. The van der Waals surface area contributed by atoms with Crippen molar-refractivity contribution in [1.82, 2.24) is 10.3 Å². The van der Waals surface area contributed by atoms with E-state index in [-0.39, 0.29) is 11.4 Å². The predicted octanol–water partition coefficient (Wildman–Crippen LogP) is 3.58. The van der Waals surface area contributed by atoms with Crippen molar-refractivity contribution in [3.63, 3.8) is 0 Å². The highest BCUT2D eigenvalue weighted by atomic mass is 16.1. The summed E-state index contributed by atoms with van der Waals surface area (Å²) in [5.41, 5.74) is 4.48. The lowest BCUT2D eigenvalue weighted by Gasteiger charge is -2.20. The molecular weight excluding hydrogens is 248 g/mol. The van der Waals surface area contributed by atoms with Gasteiger partial charge in [0.05, 0.1) is 0 Å². The number of aromatic nitrogens is 1. The number of nitrogens with one attached hydrogen (secondary N) is 2. The van der Waals surface area contributed by atoms with E-state index >= 15 is 0 Å². The largest absolute Gasteiger partial charge is 0.358 e. The molecule has 1 amide bonds. The number of hydrogen-bond acceptors (Lipinski definition) is 1. The first kappa shape index (κ1) is 13.2. The molecule has 3 rings (SSSR count). The van der Waals surface area contributed by atoms with Gasteiger partial charge in [-0.25, -0.2) is 0 Å². The number of fused-ring (bicyclic) bond motifs is 3. The SMILES string of the molecule is CC(C)(C)NC(=O)c1ccc2[nH]c3c(c2c1)CCCC3. The van der Waals surface area contributed by atoms with Gasteiger partial charge in [-0.2, -0.15) is 0 Å². The maximum Gasteiger partial charge on any atom is 0.251 e. The second kappa shape index (κ2) is 4.65. The number of carbonyl (C=O) groups excluding carboxylic acids is 1. The van der Waals surface area contributed by atoms with Crippen molar-refractivity contribution in [3.8, 4) is 0 Å². The van der Waals surface area contributed by atoms with Crippen molar-refractivity contribution in [2.24, 2.45) is 0 Å². The van der Waals surface area contributed by atoms with E-state index in [1.807, 2.05) is 39.0 Å². The fourth-order valence-electron chi connectivity index (χ4n) is 2.96. The summed E-state index contributed by atoms with van der Waals surface area (Å²) in [4.78, 5) is 15.8. The molecule has 1 aromatic carbocycles. The van der Waals surface area contributed by atoms with Crippen LogP contribution in [0.5, 0.6) is 0 Å². The molecule has 0 saturated carbocycles. The Labute approximate surface area is 119 Å². The van der Waals surface area contributed by atoms with Gasteiger partial charge in [-0.05, 0) is 70.2 Å². The Hall–Kier alpha value is -1.77. The van der Waals surface area contributed by atoms with Gasteiger partial charge in [0.1, 0.15) is 0 Å². The van der Waals surface area contributed by atoms with Crippen LogP contribution in [0.15, 0.2) is 18.2 Å². The summed E-state index contributed by atoms with van der Waals surface area (Å²) in [5.74, 6) is 0.00478. The molecule has 0 aliphatic heterocycles. The predicted molar refractivity (Wildman–Crippen MR) is 82.2 cm³/mol. The molecule has 2 aromatic rings. The van der Waals surface area contributed by atoms with Crippen molar-refractivity contribution < 1.29 is 4.79 Å². The van der Waals surface area contributed by atoms with Crippen molar-refractivity contribution in [2.45, 2.75) is 52.0 Å². The van der Waals surface area contributed by atoms with E-state index in [4.69, 9.17) is 0 Å². The number of aryl methyl sites for hydroxylation is 2. The van der Waals surface area contributed by atoms with Gasteiger partial charge in [0, 0.05) is 27.7 Å². The van der Waals surface area contributed by atoms with E-state index in [9.17, 15) is 4.79 Å². The highest BCUT2D eigenvalue weighted by Crippen LogP contribution is 2.29. The lowest BCUT2D eigenvalue weighted by atomic mass is 9.95. The topological polar surface area (TPSA) is 44.9 Å². The van der Waals surface area contributed by atoms with E-state index < -0.39 is 0 Å². The molecule has 1 heterocycles. The average Bonchev–Trinajstić information content (AvgIpc) is 2.74. The van der Waals surface area contributed by atoms with Crippen LogP contribution in [0, 0.1) is 0 Å². The summed E-state index contributed by atoms with van der Waals surface area (Å²) in [7, 11) is 0. The van der Waals surface area contributed by atoms with Gasteiger partial charge in [0.15, 0.2) is 0 Å². The van der Waals surface area contributed by atoms with E-state index in [0.717, 1.165) is 23.9 Å². The lowest BCUT2D eigenvalue weighted by Crippen LogP contribution is -2.40. The molecule has 3 nitrogen and oxygen atoms in total. The summed E-state index contributed by atoms with van der Waals surface area (Å²) in [5, 5.41) is 4.25. The Bertz CT molecular complexity index is 661. The van der Waals surface area contributed by atoms with E-state index in [1.165, 1.54) is 29.5 Å². The molecule has 3 heteroatoms. The number of aromatic amines is 1. The van der Waals surface area contributed by atoms with Crippen molar-refractivity contribution in [1.29, 1.82) is 0 Å². The van der Waals surface area contributed by atoms with Gasteiger partial charge in [-0.1, -0.05) is 0 Å². The van der Waals surface area contributed by atoms with E-state index in [1.54, 1.807) is 0 Å². The molecule has 1 aromatic heterocycles. The Morgan fingerprint density at radius 3 is 2.70 bits per heavy atom. The van der Waals surface area contributed by atoms with Crippen LogP contribution < -0.4 is 5.32 Å². The minimum absolute atomic E-state index is 0.00478. The first-order valence-electron chi connectivity index (χ1n) is 7.40. The summed E-state index contributed by atoms with van der Waals surface area (Å²) >= 11 is 0. The van der Waals surface area contributed by atoms with Gasteiger partial charge in [-0.15, -0.1) is 0 Å². The van der Waals surface area contributed by atoms with Gasteiger partial charge < -0.3 is 10.3 Å². The van der Waals surface area contributed by atoms with Crippen LogP contribution in [0.25, 0.3) is 10.9 Å². The van der Waals surface area contributed by atoms with Crippen LogP contribution in [0.2, 0.25) is 0 Å². The molecule has 2 N–H and O–H groups in total. The van der Waals surface area contributed by atoms with Crippen LogP contribution in [0.4, 0.5) is 0 Å². The van der Waals surface area contributed by atoms with Crippen molar-refractivity contribution in [2.75, 3.05) is 0 Å². The highest BCUT2D eigenvalue weighted by Gasteiger charge is 2.18. The van der Waals surface area contributed by atoms with Crippen LogP contribution in [-0.2, 0) is 12.8 Å². The van der Waals surface area contributed by atoms with Crippen LogP contribution in [0.1, 0.15) is 55.2 Å². The third-order valence-corrected chi connectivity index (χ3v) is 3.85. The standard InChI is InChI=1S/C17H22N2O/c1-17(2,3)19-16(20)11-8-9-15-13(10-11)12-6-4-5-7-14(12)18-15/h8-10,18H,4-7H2,1-3H3,(H,19,20). The molecule has 0 saturated heterocycles. The molecule has 0 atom stereocenters. The van der Waals surface area contributed by atoms with Gasteiger partial charge >= 0.3 is 0 Å². The van der Waals surface area contributed by atoms with E-state index in [0.29, 0.717) is 0 Å². The Morgan fingerprint density at radius 2 is 1.95 bits per heavy atom. The molecule has 0 spiro atoms. The van der Waals surface area contributed by atoms with Crippen molar-refractivity contribution >= 4 is 16.8 Å². The first-order chi connectivity index (χ1) is 9.44. The number of carbonyl (C=O) groups is 1. The minimum Gasteiger partial charge on any atom is -0.358 e. The average molecular weight is 270 g/mol. The second-order valence-corrected chi connectivity index (χ2v) is 6.75. The van der Waals surface area contributed by atoms with Gasteiger partial charge in [0.25, 0.3) is 5.91 Å². The quantitative estimate of drug-likeness (QED) is 0.817. The molecule has 1 aliphatic carbocycles. The number of amides is 1. The maximum absolute atomic E-state index is 12.3. The molecule has 0 unspecified atom stereocenters. The monoisotopic (exact) mass is 270 g/mol. The number of rotatable bonds is 1. The summed E-state index contributed by atoms with van der Waals surface area (Å²) in [6, 6.07) is 5.98. The van der Waals surface area contributed by atoms with E-state index in [2.05, 4.69) is 10.3 Å². The Kier molecular flexibility index (Phi) is 3.08. The Balaban J connectivity index is 2.00. The first-order valence-corrected chi connectivity index (χ1v) is 7.40. The van der Waals surface area contributed by atoms with Crippen LogP contribution >= 0.6 is 0 Å². The molecular formula is C17H22N2O. The third kappa shape index (κ3) is 2.45. The second-order valence-electron chi connectivity index (χ2n) is 6.75. The smallest absolute Gasteiger partial charge is 0.251 e. The number of H-pyrrole nitrogens is 1. The van der Waals surface area contributed by atoms with Crippen molar-refractivity contribution in [3.05, 3.63) is 35.0 Å². The third-order valence-electron chi connectivity index (χ3n) is 3.85. The van der Waals surface area contributed by atoms with Crippen LogP contribution in [-0.4, -0.2) is 16.4 Å². The molecule has 0 radical (unpaired) electrons. The van der Waals surface area contributed by atoms with Crippen LogP contribution in [0.3, 0.4) is 0 Å². The summed E-state index contributed by atoms with van der Waals surface area (Å²) in [6.45, 7) is 6.00. The number of benzene rings is 1. The molecule has 106 valence electrons. The maximum atomic E-state index is 12.3. The fourth-order valence-corrected chi connectivity index (χ4v) is 2.96. The zero-order chi connectivity index (χ0) is 14.3.